The zero-order valence-electron chi connectivity index (χ0n) is 9.74. The van der Waals surface area contributed by atoms with Crippen LogP contribution in [0, 0.1) is 0 Å². The van der Waals surface area contributed by atoms with E-state index in [9.17, 15) is 9.59 Å². The first kappa shape index (κ1) is 13.0. The number of carbonyl (C=O) groups is 2. The molecule has 1 saturated heterocycles. The first-order chi connectivity index (χ1) is 8.66. The molecular weight excluding hydrogens is 256 g/mol. The van der Waals surface area contributed by atoms with E-state index in [1.165, 1.54) is 11.3 Å². The minimum atomic E-state index is -1.02. The second-order valence-electron chi connectivity index (χ2n) is 3.96. The number of hydrogen-bond donors (Lipinski definition) is 1. The predicted octanol–water partition coefficient (Wildman–Crippen LogP) is 0.388. The first-order valence-electron chi connectivity index (χ1n) is 5.67. The fourth-order valence-corrected chi connectivity index (χ4v) is 2.39. The molecule has 1 N–H and O–H groups in total. The molecule has 0 saturated carbocycles. The van der Waals surface area contributed by atoms with Gasteiger partial charge in [0.2, 0.25) is 5.91 Å². The molecule has 6 nitrogen and oxygen atoms in total. The van der Waals surface area contributed by atoms with Crippen molar-refractivity contribution in [2.24, 2.45) is 0 Å². The lowest BCUT2D eigenvalue weighted by Crippen LogP contribution is -2.48. The summed E-state index contributed by atoms with van der Waals surface area (Å²) in [6, 6.07) is 0. The van der Waals surface area contributed by atoms with Gasteiger partial charge in [-0.25, -0.2) is 9.78 Å². The highest BCUT2D eigenvalue weighted by atomic mass is 32.1. The lowest BCUT2D eigenvalue weighted by molar-refractivity contribution is -0.159. The standard InChI is InChI=1S/C11H14N2O4S/c14-10(2-1-9-12-3-6-18-9)13-4-5-17-8(7-13)11(15)16/h3,6,8H,1-2,4-5,7H2,(H,15,16). The Labute approximate surface area is 108 Å². The molecule has 2 rings (SSSR count). The molecule has 1 atom stereocenters. The monoisotopic (exact) mass is 270 g/mol. The quantitative estimate of drug-likeness (QED) is 0.856. The number of ether oxygens (including phenoxy) is 1. The number of carboxylic acids is 1. The number of amides is 1. The highest BCUT2D eigenvalue weighted by Gasteiger charge is 2.28. The summed E-state index contributed by atoms with van der Waals surface area (Å²) >= 11 is 1.52. The second-order valence-corrected chi connectivity index (χ2v) is 4.94. The van der Waals surface area contributed by atoms with Crippen molar-refractivity contribution in [3.63, 3.8) is 0 Å². The van der Waals surface area contributed by atoms with Crippen LogP contribution < -0.4 is 0 Å². The first-order valence-corrected chi connectivity index (χ1v) is 6.55. The fourth-order valence-electron chi connectivity index (χ4n) is 1.77. The van der Waals surface area contributed by atoms with E-state index in [0.29, 0.717) is 19.4 Å². The van der Waals surface area contributed by atoms with Crippen LogP contribution in [0.1, 0.15) is 11.4 Å². The van der Waals surface area contributed by atoms with E-state index in [2.05, 4.69) is 4.98 Å². The number of nitrogens with zero attached hydrogens (tertiary/aromatic N) is 2. The van der Waals surface area contributed by atoms with Crippen LogP contribution in [0.25, 0.3) is 0 Å². The van der Waals surface area contributed by atoms with Crippen molar-refractivity contribution in [1.82, 2.24) is 9.88 Å². The van der Waals surface area contributed by atoms with Crippen molar-refractivity contribution >= 4 is 23.2 Å². The highest BCUT2D eigenvalue weighted by Crippen LogP contribution is 2.11. The summed E-state index contributed by atoms with van der Waals surface area (Å²) in [7, 11) is 0. The van der Waals surface area contributed by atoms with Gasteiger partial charge in [-0.3, -0.25) is 4.79 Å². The van der Waals surface area contributed by atoms with Gasteiger partial charge in [0.25, 0.3) is 0 Å². The zero-order valence-corrected chi connectivity index (χ0v) is 10.6. The van der Waals surface area contributed by atoms with Crippen molar-refractivity contribution in [1.29, 1.82) is 0 Å². The fraction of sp³-hybridized carbons (Fsp3) is 0.545. The predicted molar refractivity (Wildman–Crippen MR) is 64.4 cm³/mol. The van der Waals surface area contributed by atoms with Crippen LogP contribution in [-0.2, 0) is 20.7 Å². The Bertz CT molecular complexity index is 421. The molecule has 1 aromatic rings. The van der Waals surface area contributed by atoms with Crippen molar-refractivity contribution in [3.8, 4) is 0 Å². The average Bonchev–Trinajstić information content (AvgIpc) is 2.89. The van der Waals surface area contributed by atoms with Crippen LogP contribution in [0.15, 0.2) is 11.6 Å². The molecule has 1 aliphatic heterocycles. The lowest BCUT2D eigenvalue weighted by Gasteiger charge is -2.30. The molecule has 1 aliphatic rings. The van der Waals surface area contributed by atoms with Crippen molar-refractivity contribution in [2.75, 3.05) is 19.7 Å². The Morgan fingerprint density at radius 1 is 1.61 bits per heavy atom. The molecule has 1 aromatic heterocycles. The van der Waals surface area contributed by atoms with Crippen LogP contribution in [-0.4, -0.2) is 52.7 Å². The third kappa shape index (κ3) is 3.27. The number of carbonyl (C=O) groups excluding carboxylic acids is 1. The molecule has 0 spiro atoms. The summed E-state index contributed by atoms with van der Waals surface area (Å²) in [6.07, 6.45) is 1.77. The SMILES string of the molecule is O=C(O)C1CN(C(=O)CCc2nccs2)CCO1. The van der Waals surface area contributed by atoms with Crippen molar-refractivity contribution in [2.45, 2.75) is 18.9 Å². The maximum atomic E-state index is 11.9. The van der Waals surface area contributed by atoms with Crippen LogP contribution in [0.5, 0.6) is 0 Å². The number of thiazole rings is 1. The number of aromatic nitrogens is 1. The van der Waals surface area contributed by atoms with Crippen LogP contribution in [0.2, 0.25) is 0 Å². The summed E-state index contributed by atoms with van der Waals surface area (Å²) < 4.78 is 5.07. The molecule has 0 aliphatic carbocycles. The van der Waals surface area contributed by atoms with Crippen LogP contribution in [0.4, 0.5) is 0 Å². The average molecular weight is 270 g/mol. The molecule has 98 valence electrons. The van der Waals surface area contributed by atoms with Crippen molar-refractivity contribution < 1.29 is 19.4 Å². The van der Waals surface area contributed by atoms with Gasteiger partial charge in [-0.1, -0.05) is 0 Å². The summed E-state index contributed by atoms with van der Waals surface area (Å²) in [6.45, 7) is 0.868. The molecule has 1 fully saturated rings. The van der Waals surface area contributed by atoms with E-state index >= 15 is 0 Å². The Hall–Kier alpha value is -1.47. The molecule has 0 bridgehead atoms. The topological polar surface area (TPSA) is 79.7 Å². The van der Waals surface area contributed by atoms with Gasteiger partial charge in [-0.15, -0.1) is 11.3 Å². The summed E-state index contributed by atoms with van der Waals surface area (Å²) in [4.78, 5) is 28.4. The Balaban J connectivity index is 1.83. The maximum Gasteiger partial charge on any atom is 0.334 e. The Morgan fingerprint density at radius 3 is 3.11 bits per heavy atom. The molecule has 0 radical (unpaired) electrons. The normalized spacial score (nSPS) is 19.8. The maximum absolute atomic E-state index is 11.9. The number of hydrogen-bond acceptors (Lipinski definition) is 5. The van der Waals surface area contributed by atoms with Gasteiger partial charge in [-0.2, -0.15) is 0 Å². The molecule has 1 unspecified atom stereocenters. The Morgan fingerprint density at radius 2 is 2.44 bits per heavy atom. The van der Waals surface area contributed by atoms with Crippen LogP contribution >= 0.6 is 11.3 Å². The van der Waals surface area contributed by atoms with Gasteiger partial charge in [0.1, 0.15) is 0 Å². The van der Waals surface area contributed by atoms with Gasteiger partial charge in [0.05, 0.1) is 18.2 Å². The molecule has 18 heavy (non-hydrogen) atoms. The summed E-state index contributed by atoms with van der Waals surface area (Å²) in [5.74, 6) is -1.06. The molecule has 2 heterocycles. The number of aryl methyl sites for hydroxylation is 1. The summed E-state index contributed by atoms with van der Waals surface area (Å²) in [5, 5.41) is 11.6. The second kappa shape index (κ2) is 5.92. The van der Waals surface area contributed by atoms with Gasteiger partial charge in [0.15, 0.2) is 6.10 Å². The van der Waals surface area contributed by atoms with E-state index in [1.807, 2.05) is 5.38 Å². The molecular formula is C11H14N2O4S. The summed E-state index contributed by atoms with van der Waals surface area (Å²) in [5.41, 5.74) is 0. The van der Waals surface area contributed by atoms with E-state index in [0.717, 1.165) is 5.01 Å². The minimum absolute atomic E-state index is 0.0419. The third-order valence-electron chi connectivity index (χ3n) is 2.73. The van der Waals surface area contributed by atoms with Crippen molar-refractivity contribution in [3.05, 3.63) is 16.6 Å². The highest BCUT2D eigenvalue weighted by molar-refractivity contribution is 7.09. The third-order valence-corrected chi connectivity index (χ3v) is 3.57. The molecule has 0 aromatic carbocycles. The van der Waals surface area contributed by atoms with Gasteiger partial charge >= 0.3 is 5.97 Å². The van der Waals surface area contributed by atoms with Crippen LogP contribution in [0.3, 0.4) is 0 Å². The smallest absolute Gasteiger partial charge is 0.334 e. The Kier molecular flexibility index (Phi) is 4.27. The van der Waals surface area contributed by atoms with Gasteiger partial charge in [0, 0.05) is 31.0 Å². The zero-order chi connectivity index (χ0) is 13.0. The van der Waals surface area contributed by atoms with Gasteiger partial charge < -0.3 is 14.7 Å². The molecule has 7 heteroatoms. The number of carboxylic acid groups (broad SMARTS) is 1. The van der Waals surface area contributed by atoms with E-state index < -0.39 is 12.1 Å². The van der Waals surface area contributed by atoms with E-state index in [4.69, 9.17) is 9.84 Å². The van der Waals surface area contributed by atoms with Gasteiger partial charge in [-0.05, 0) is 0 Å². The minimum Gasteiger partial charge on any atom is -0.479 e. The number of aliphatic carboxylic acids is 1. The van der Waals surface area contributed by atoms with E-state index in [-0.39, 0.29) is 19.1 Å². The number of rotatable bonds is 4. The van der Waals surface area contributed by atoms with E-state index in [1.54, 1.807) is 11.1 Å². The molecule has 1 amide bonds. The largest absolute Gasteiger partial charge is 0.479 e. The lowest BCUT2D eigenvalue weighted by atomic mass is 10.2. The number of morpholine rings is 1.